The molecule has 1 aliphatic rings. The largest absolute Gasteiger partial charge is 0.315 e. The summed E-state index contributed by atoms with van der Waals surface area (Å²) in [7, 11) is -3.04. The van der Waals surface area contributed by atoms with E-state index in [1.807, 2.05) is 13.8 Å². The number of hydrogen-bond donors (Lipinski definition) is 1. The summed E-state index contributed by atoms with van der Waals surface area (Å²) < 4.78 is 23.0. The van der Waals surface area contributed by atoms with Gasteiger partial charge in [-0.15, -0.1) is 0 Å². The summed E-state index contributed by atoms with van der Waals surface area (Å²) in [5.41, 5.74) is 0. The average Bonchev–Trinajstić information content (AvgIpc) is 2.01. The molecule has 3 nitrogen and oxygen atoms in total. The smallest absolute Gasteiger partial charge is 0.161 e. The van der Waals surface area contributed by atoms with Crippen LogP contribution >= 0.6 is 0 Å². The predicted octanol–water partition coefficient (Wildman–Crippen LogP) is 0.952. The van der Waals surface area contributed by atoms with Crippen LogP contribution in [0, 0.1) is 0 Å². The number of hydrogen-bond acceptors (Lipinski definition) is 3. The van der Waals surface area contributed by atoms with Crippen LogP contribution in [0.15, 0.2) is 0 Å². The Bertz CT molecular complexity index is 267. The molecule has 0 aromatic carbocycles. The Morgan fingerprint density at radius 2 is 1.62 bits per heavy atom. The zero-order valence-corrected chi connectivity index (χ0v) is 9.66. The quantitative estimate of drug-likeness (QED) is 0.640. The molecule has 13 heavy (non-hydrogen) atoms. The molecule has 0 amide bonds. The van der Waals surface area contributed by atoms with Crippen molar-refractivity contribution >= 4 is 9.84 Å². The van der Waals surface area contributed by atoms with E-state index in [2.05, 4.69) is 5.32 Å². The first-order valence-corrected chi connectivity index (χ1v) is 6.14. The van der Waals surface area contributed by atoms with Crippen molar-refractivity contribution in [1.29, 1.82) is 0 Å². The van der Waals surface area contributed by atoms with E-state index in [0.29, 0.717) is 13.0 Å². The third kappa shape index (κ3) is 1.62. The van der Waals surface area contributed by atoms with Gasteiger partial charge in [-0.3, -0.25) is 0 Å². The third-order valence-electron chi connectivity index (χ3n) is 2.91. The van der Waals surface area contributed by atoms with Crippen molar-refractivity contribution in [2.45, 2.75) is 43.6 Å². The molecule has 78 valence electrons. The highest BCUT2D eigenvalue weighted by atomic mass is 32.2. The van der Waals surface area contributed by atoms with Gasteiger partial charge in [0.1, 0.15) is 0 Å². The lowest BCUT2D eigenvalue weighted by atomic mass is 10.1. The molecular formula is C9H19NO2S. The molecule has 0 atom stereocenters. The molecule has 1 fully saturated rings. The van der Waals surface area contributed by atoms with Gasteiger partial charge >= 0.3 is 0 Å². The van der Waals surface area contributed by atoms with E-state index in [9.17, 15) is 8.42 Å². The molecule has 1 aliphatic heterocycles. The van der Waals surface area contributed by atoms with Crippen LogP contribution in [0.1, 0.15) is 34.1 Å². The minimum absolute atomic E-state index is 0.554. The second kappa shape index (κ2) is 2.95. The molecule has 0 bridgehead atoms. The fraction of sp³-hybridized carbons (Fsp3) is 1.00. The van der Waals surface area contributed by atoms with E-state index in [1.165, 1.54) is 0 Å². The van der Waals surface area contributed by atoms with Gasteiger partial charge in [0.05, 0.1) is 9.49 Å². The van der Waals surface area contributed by atoms with Gasteiger partial charge < -0.3 is 5.32 Å². The monoisotopic (exact) mass is 205 g/mol. The highest BCUT2D eigenvalue weighted by Gasteiger charge is 2.46. The van der Waals surface area contributed by atoms with E-state index in [0.717, 1.165) is 6.54 Å². The summed E-state index contributed by atoms with van der Waals surface area (Å²) in [5.74, 6) is 0. The second-order valence-electron chi connectivity index (χ2n) is 4.95. The maximum absolute atomic E-state index is 12.1. The lowest BCUT2D eigenvalue weighted by Gasteiger charge is -2.31. The summed E-state index contributed by atoms with van der Waals surface area (Å²) in [6, 6.07) is 0. The zero-order chi connectivity index (χ0) is 10.3. The maximum Gasteiger partial charge on any atom is 0.161 e. The van der Waals surface area contributed by atoms with Crippen LogP contribution in [-0.4, -0.2) is 31.0 Å². The second-order valence-corrected chi connectivity index (χ2v) is 8.17. The lowest BCUT2D eigenvalue weighted by molar-refractivity contribution is 0.513. The molecular weight excluding hydrogens is 186 g/mol. The van der Waals surface area contributed by atoms with Crippen LogP contribution < -0.4 is 5.32 Å². The van der Waals surface area contributed by atoms with E-state index < -0.39 is 19.3 Å². The van der Waals surface area contributed by atoms with Crippen LogP contribution in [0.2, 0.25) is 0 Å². The Morgan fingerprint density at radius 3 is 2.15 bits per heavy atom. The summed E-state index contributed by atoms with van der Waals surface area (Å²) >= 11 is 0. The molecule has 1 heterocycles. The van der Waals surface area contributed by atoms with Gasteiger partial charge in [-0.25, -0.2) is 8.42 Å². The molecule has 1 saturated heterocycles. The fourth-order valence-electron chi connectivity index (χ4n) is 1.76. The molecule has 0 aromatic heterocycles. The number of sulfone groups is 1. The lowest BCUT2D eigenvalue weighted by Crippen LogP contribution is -2.47. The van der Waals surface area contributed by atoms with Gasteiger partial charge in [0.25, 0.3) is 0 Å². The average molecular weight is 205 g/mol. The summed E-state index contributed by atoms with van der Waals surface area (Å²) in [6.07, 6.45) is 0.693. The normalized spacial score (nSPS) is 30.8. The van der Waals surface area contributed by atoms with Gasteiger partial charge in [-0.05, 0) is 40.7 Å². The maximum atomic E-state index is 12.1. The molecule has 4 heteroatoms. The number of nitrogens with one attached hydrogen (secondary N) is 1. The third-order valence-corrected chi connectivity index (χ3v) is 6.17. The first-order chi connectivity index (χ1) is 5.71. The number of rotatable bonds is 0. The minimum atomic E-state index is -3.04. The Morgan fingerprint density at radius 1 is 1.08 bits per heavy atom. The predicted molar refractivity (Wildman–Crippen MR) is 54.6 cm³/mol. The van der Waals surface area contributed by atoms with Crippen LogP contribution in [0.3, 0.4) is 0 Å². The summed E-state index contributed by atoms with van der Waals surface area (Å²) in [5, 5.41) is 3.17. The van der Waals surface area contributed by atoms with Crippen molar-refractivity contribution in [3.8, 4) is 0 Å². The highest BCUT2D eigenvalue weighted by Crippen LogP contribution is 2.32. The van der Waals surface area contributed by atoms with Crippen LogP contribution in [0.5, 0.6) is 0 Å². The highest BCUT2D eigenvalue weighted by molar-refractivity contribution is 7.94. The van der Waals surface area contributed by atoms with Gasteiger partial charge in [0.2, 0.25) is 0 Å². The first-order valence-electron chi connectivity index (χ1n) is 4.66. The molecule has 0 radical (unpaired) electrons. The van der Waals surface area contributed by atoms with E-state index >= 15 is 0 Å². The van der Waals surface area contributed by atoms with Gasteiger partial charge in [-0.1, -0.05) is 0 Å². The van der Waals surface area contributed by atoms with Crippen molar-refractivity contribution < 1.29 is 8.42 Å². The standard InChI is InChI=1S/C9H19NO2S/c1-8(2)5-6-10-7-9(3,4)13(8,11)12/h10H,5-7H2,1-4H3. The molecule has 0 aliphatic carbocycles. The van der Waals surface area contributed by atoms with E-state index in [4.69, 9.17) is 0 Å². The molecule has 1 N–H and O–H groups in total. The van der Waals surface area contributed by atoms with Gasteiger partial charge in [-0.2, -0.15) is 0 Å². The van der Waals surface area contributed by atoms with Crippen molar-refractivity contribution in [3.05, 3.63) is 0 Å². The minimum Gasteiger partial charge on any atom is -0.315 e. The molecule has 0 unspecified atom stereocenters. The fourth-order valence-corrected chi connectivity index (χ4v) is 3.91. The molecule has 1 rings (SSSR count). The Kier molecular flexibility index (Phi) is 2.50. The van der Waals surface area contributed by atoms with E-state index in [1.54, 1.807) is 13.8 Å². The summed E-state index contributed by atoms with van der Waals surface area (Å²) in [4.78, 5) is 0. The van der Waals surface area contributed by atoms with Crippen molar-refractivity contribution in [2.75, 3.05) is 13.1 Å². The zero-order valence-electron chi connectivity index (χ0n) is 8.85. The van der Waals surface area contributed by atoms with Crippen molar-refractivity contribution in [1.82, 2.24) is 5.32 Å². The van der Waals surface area contributed by atoms with Gasteiger partial charge in [0.15, 0.2) is 9.84 Å². The Hall–Kier alpha value is -0.0900. The van der Waals surface area contributed by atoms with Crippen molar-refractivity contribution in [3.63, 3.8) is 0 Å². The van der Waals surface area contributed by atoms with Crippen LogP contribution in [0.25, 0.3) is 0 Å². The topological polar surface area (TPSA) is 46.2 Å². The Balaban J connectivity index is 3.19. The first kappa shape index (κ1) is 11.0. The van der Waals surface area contributed by atoms with Crippen LogP contribution in [-0.2, 0) is 9.84 Å². The van der Waals surface area contributed by atoms with Crippen molar-refractivity contribution in [2.24, 2.45) is 0 Å². The van der Waals surface area contributed by atoms with Gasteiger partial charge in [0, 0.05) is 6.54 Å². The molecule has 0 saturated carbocycles. The molecule has 0 aromatic rings. The SMILES string of the molecule is CC1(C)CCNCC(C)(C)S1(=O)=O. The summed E-state index contributed by atoms with van der Waals surface area (Å²) in [6.45, 7) is 8.56. The van der Waals surface area contributed by atoms with Crippen LogP contribution in [0.4, 0.5) is 0 Å². The van der Waals surface area contributed by atoms with E-state index in [-0.39, 0.29) is 0 Å². The molecule has 0 spiro atoms. The Labute approximate surface area is 80.8 Å².